The summed E-state index contributed by atoms with van der Waals surface area (Å²) in [6.45, 7) is 0.114. The second kappa shape index (κ2) is 7.09. The smallest absolute Gasteiger partial charge is 0.326 e. The Balaban J connectivity index is 2.11. The molecule has 1 heterocycles. The van der Waals surface area contributed by atoms with Crippen LogP contribution in [0.2, 0.25) is 0 Å². The van der Waals surface area contributed by atoms with Crippen LogP contribution in [0.5, 0.6) is 0 Å². The number of urea groups is 1. The normalized spacial score (nSPS) is 26.9. The number of hydrogen-bond donors (Lipinski definition) is 3. The molecule has 3 N–H and O–H groups in total. The summed E-state index contributed by atoms with van der Waals surface area (Å²) in [7, 11) is 0. The van der Waals surface area contributed by atoms with Gasteiger partial charge in [0.05, 0.1) is 12.7 Å². The highest BCUT2D eigenvalue weighted by atomic mass is 16.4. The number of carbonyl (C=O) groups excluding carboxylic acids is 1. The number of aliphatic carboxylic acids is 1. The van der Waals surface area contributed by atoms with Crippen LogP contribution in [0.4, 0.5) is 4.79 Å². The molecular formula is C14H24N2O5. The fraction of sp³-hybridized carbons (Fsp3) is 0.857. The van der Waals surface area contributed by atoms with Crippen LogP contribution in [-0.4, -0.2) is 75.0 Å². The maximum absolute atomic E-state index is 12.7. The fourth-order valence-corrected chi connectivity index (χ4v) is 3.36. The minimum absolute atomic E-state index is 0.0461. The summed E-state index contributed by atoms with van der Waals surface area (Å²) >= 11 is 0. The van der Waals surface area contributed by atoms with E-state index in [9.17, 15) is 24.9 Å². The zero-order valence-electron chi connectivity index (χ0n) is 12.1. The van der Waals surface area contributed by atoms with Crippen molar-refractivity contribution in [3.05, 3.63) is 0 Å². The van der Waals surface area contributed by atoms with Gasteiger partial charge in [-0.2, -0.15) is 0 Å². The largest absolute Gasteiger partial charge is 0.480 e. The summed E-state index contributed by atoms with van der Waals surface area (Å²) in [5, 5.41) is 28.1. The number of amides is 2. The van der Waals surface area contributed by atoms with E-state index >= 15 is 0 Å². The van der Waals surface area contributed by atoms with Crippen molar-refractivity contribution < 1.29 is 24.9 Å². The lowest BCUT2D eigenvalue weighted by molar-refractivity contribution is -0.141. The van der Waals surface area contributed by atoms with Crippen LogP contribution < -0.4 is 0 Å². The Morgan fingerprint density at radius 2 is 1.86 bits per heavy atom. The number of aliphatic hydroxyl groups excluding tert-OH is 2. The van der Waals surface area contributed by atoms with E-state index in [1.807, 2.05) is 0 Å². The first kappa shape index (κ1) is 16.0. The molecule has 1 aliphatic heterocycles. The molecule has 2 fully saturated rings. The molecule has 0 aromatic rings. The molecule has 1 saturated carbocycles. The molecule has 120 valence electrons. The van der Waals surface area contributed by atoms with Crippen LogP contribution in [0, 0.1) is 0 Å². The van der Waals surface area contributed by atoms with Gasteiger partial charge in [0.15, 0.2) is 0 Å². The van der Waals surface area contributed by atoms with Gasteiger partial charge >= 0.3 is 12.0 Å². The van der Waals surface area contributed by atoms with E-state index in [2.05, 4.69) is 0 Å². The molecule has 2 rings (SSSR count). The van der Waals surface area contributed by atoms with Crippen molar-refractivity contribution in [2.45, 2.75) is 56.7 Å². The van der Waals surface area contributed by atoms with Crippen molar-refractivity contribution in [2.75, 3.05) is 19.7 Å². The van der Waals surface area contributed by atoms with E-state index in [4.69, 9.17) is 0 Å². The number of carboxylic acid groups (broad SMARTS) is 1. The number of rotatable bonds is 4. The van der Waals surface area contributed by atoms with Gasteiger partial charge in [-0.3, -0.25) is 0 Å². The predicted octanol–water partition coefficient (Wildman–Crippen LogP) is 0.253. The highest BCUT2D eigenvalue weighted by molar-refractivity contribution is 5.83. The predicted molar refractivity (Wildman–Crippen MR) is 74.8 cm³/mol. The Morgan fingerprint density at radius 1 is 1.19 bits per heavy atom. The van der Waals surface area contributed by atoms with Crippen LogP contribution in [-0.2, 0) is 4.79 Å². The number of likely N-dealkylation sites (tertiary alicyclic amines) is 1. The number of carbonyl (C=O) groups is 2. The minimum Gasteiger partial charge on any atom is -0.480 e. The summed E-state index contributed by atoms with van der Waals surface area (Å²) in [5.41, 5.74) is 0. The molecular weight excluding hydrogens is 276 g/mol. The Morgan fingerprint density at radius 3 is 2.43 bits per heavy atom. The molecule has 2 aliphatic rings. The standard InChI is InChI=1S/C14H24N2O5/c17-7-6-15(10-4-2-1-3-5-10)14(21)16-9-11(18)8-12(16)13(19)20/h10-12,17-18H,1-9H2,(H,19,20)/t11-,12-/m0/s1. The maximum Gasteiger partial charge on any atom is 0.326 e. The highest BCUT2D eigenvalue weighted by Crippen LogP contribution is 2.26. The van der Waals surface area contributed by atoms with E-state index < -0.39 is 18.1 Å². The third-order valence-electron chi connectivity index (χ3n) is 4.41. The van der Waals surface area contributed by atoms with Crippen molar-refractivity contribution in [1.29, 1.82) is 0 Å². The minimum atomic E-state index is -1.09. The Kier molecular flexibility index (Phi) is 5.41. The van der Waals surface area contributed by atoms with Crippen LogP contribution in [0.1, 0.15) is 38.5 Å². The zero-order chi connectivity index (χ0) is 15.4. The van der Waals surface area contributed by atoms with Gasteiger partial charge in [-0.1, -0.05) is 19.3 Å². The van der Waals surface area contributed by atoms with Crippen molar-refractivity contribution in [3.8, 4) is 0 Å². The number of hydrogen-bond acceptors (Lipinski definition) is 4. The average Bonchev–Trinajstić information content (AvgIpc) is 2.87. The van der Waals surface area contributed by atoms with Gasteiger partial charge in [0, 0.05) is 25.6 Å². The third-order valence-corrected chi connectivity index (χ3v) is 4.41. The van der Waals surface area contributed by atoms with Gasteiger partial charge in [0.2, 0.25) is 0 Å². The Labute approximate surface area is 124 Å². The Hall–Kier alpha value is -1.34. The molecule has 0 bridgehead atoms. The van der Waals surface area contributed by atoms with Gasteiger partial charge in [-0.15, -0.1) is 0 Å². The number of carboxylic acids is 1. The molecule has 0 aromatic carbocycles. The Bertz CT molecular complexity index is 384. The fourth-order valence-electron chi connectivity index (χ4n) is 3.36. The summed E-state index contributed by atoms with van der Waals surface area (Å²) < 4.78 is 0. The average molecular weight is 300 g/mol. The lowest BCUT2D eigenvalue weighted by Crippen LogP contribution is -2.52. The highest BCUT2D eigenvalue weighted by Gasteiger charge is 2.41. The second-order valence-corrected chi connectivity index (χ2v) is 5.89. The zero-order valence-corrected chi connectivity index (χ0v) is 12.1. The van der Waals surface area contributed by atoms with E-state index in [1.165, 1.54) is 4.90 Å². The number of nitrogens with zero attached hydrogens (tertiary/aromatic N) is 2. The molecule has 0 aromatic heterocycles. The molecule has 1 aliphatic carbocycles. The molecule has 0 unspecified atom stereocenters. The van der Waals surface area contributed by atoms with Crippen molar-refractivity contribution in [2.24, 2.45) is 0 Å². The van der Waals surface area contributed by atoms with Crippen molar-refractivity contribution in [3.63, 3.8) is 0 Å². The lowest BCUT2D eigenvalue weighted by atomic mass is 9.94. The molecule has 0 spiro atoms. The van der Waals surface area contributed by atoms with E-state index in [0.717, 1.165) is 32.1 Å². The quantitative estimate of drug-likeness (QED) is 0.691. The van der Waals surface area contributed by atoms with Crippen LogP contribution in [0.25, 0.3) is 0 Å². The topological polar surface area (TPSA) is 101 Å². The van der Waals surface area contributed by atoms with E-state index in [-0.39, 0.29) is 38.2 Å². The lowest BCUT2D eigenvalue weighted by Gasteiger charge is -2.37. The van der Waals surface area contributed by atoms with Crippen molar-refractivity contribution >= 4 is 12.0 Å². The van der Waals surface area contributed by atoms with Crippen LogP contribution in [0.3, 0.4) is 0 Å². The van der Waals surface area contributed by atoms with Gasteiger partial charge in [-0.25, -0.2) is 9.59 Å². The van der Waals surface area contributed by atoms with Gasteiger partial charge in [0.25, 0.3) is 0 Å². The van der Waals surface area contributed by atoms with Crippen molar-refractivity contribution in [1.82, 2.24) is 9.80 Å². The summed E-state index contributed by atoms with van der Waals surface area (Å²) in [4.78, 5) is 26.7. The number of aliphatic hydroxyl groups is 2. The summed E-state index contributed by atoms with van der Waals surface area (Å²) in [6.07, 6.45) is 4.30. The van der Waals surface area contributed by atoms with Gasteiger partial charge in [0.1, 0.15) is 6.04 Å². The SMILES string of the molecule is O=C(O)[C@@H]1C[C@H](O)CN1C(=O)N(CCO)C1CCCCC1. The number of β-amino-alcohol motifs (C(OH)–C–C–N with tert-alkyl or cyclic N) is 1. The van der Waals surface area contributed by atoms with E-state index in [1.54, 1.807) is 4.90 Å². The molecule has 1 saturated heterocycles. The molecule has 2 amide bonds. The van der Waals surface area contributed by atoms with Crippen LogP contribution >= 0.6 is 0 Å². The molecule has 7 heteroatoms. The molecule has 0 radical (unpaired) electrons. The monoisotopic (exact) mass is 300 g/mol. The van der Waals surface area contributed by atoms with E-state index in [0.29, 0.717) is 0 Å². The first-order chi connectivity index (χ1) is 10.0. The second-order valence-electron chi connectivity index (χ2n) is 5.89. The third kappa shape index (κ3) is 3.65. The van der Waals surface area contributed by atoms with Crippen LogP contribution in [0.15, 0.2) is 0 Å². The maximum atomic E-state index is 12.7. The molecule has 7 nitrogen and oxygen atoms in total. The summed E-state index contributed by atoms with van der Waals surface area (Å²) in [5.74, 6) is -1.09. The summed E-state index contributed by atoms with van der Waals surface area (Å²) in [6, 6.07) is -1.29. The molecule has 21 heavy (non-hydrogen) atoms. The van der Waals surface area contributed by atoms with Gasteiger partial charge < -0.3 is 25.1 Å². The first-order valence-corrected chi connectivity index (χ1v) is 7.63. The van der Waals surface area contributed by atoms with Gasteiger partial charge in [-0.05, 0) is 12.8 Å². The molecule has 2 atom stereocenters. The first-order valence-electron chi connectivity index (χ1n) is 7.63.